The van der Waals surface area contributed by atoms with E-state index in [9.17, 15) is 14.4 Å². The summed E-state index contributed by atoms with van der Waals surface area (Å²) in [7, 11) is 0. The summed E-state index contributed by atoms with van der Waals surface area (Å²) in [6.45, 7) is 6.55. The van der Waals surface area contributed by atoms with Crippen LogP contribution in [0.3, 0.4) is 0 Å². The number of carbonyl (C=O) groups excluding carboxylic acids is 3. The molecule has 1 unspecified atom stereocenters. The highest BCUT2D eigenvalue weighted by Gasteiger charge is 2.19. The Morgan fingerprint density at radius 3 is 0.859 bits per heavy atom. The van der Waals surface area contributed by atoms with E-state index in [1.807, 2.05) is 0 Å². The Labute approximate surface area is 440 Å². The van der Waals surface area contributed by atoms with E-state index in [1.54, 1.807) is 0 Å². The highest BCUT2D eigenvalue weighted by molar-refractivity contribution is 5.71. The largest absolute Gasteiger partial charge is 0.462 e. The van der Waals surface area contributed by atoms with Crippen LogP contribution in [-0.2, 0) is 28.6 Å². The van der Waals surface area contributed by atoms with Gasteiger partial charge in [0, 0.05) is 19.3 Å². The fourth-order valence-electron chi connectivity index (χ4n) is 8.94. The lowest BCUT2D eigenvalue weighted by Gasteiger charge is -2.18. The van der Waals surface area contributed by atoms with E-state index in [0.29, 0.717) is 19.3 Å². The predicted octanol–water partition coefficient (Wildman–Crippen LogP) is 20.8. The van der Waals surface area contributed by atoms with Crippen molar-refractivity contribution in [2.75, 3.05) is 13.2 Å². The second kappa shape index (κ2) is 59.7. The van der Waals surface area contributed by atoms with Gasteiger partial charge in [0.05, 0.1) is 0 Å². The Bertz CT molecular complexity index is 1280. The Morgan fingerprint density at radius 2 is 0.549 bits per heavy atom. The number of esters is 3. The van der Waals surface area contributed by atoms with Crippen molar-refractivity contribution in [2.24, 2.45) is 0 Å². The zero-order valence-corrected chi connectivity index (χ0v) is 47.2. The zero-order valence-electron chi connectivity index (χ0n) is 47.2. The summed E-state index contributed by atoms with van der Waals surface area (Å²) in [5.74, 6) is -0.894. The fourth-order valence-corrected chi connectivity index (χ4v) is 8.94. The van der Waals surface area contributed by atoms with Crippen LogP contribution in [0.15, 0.2) is 60.8 Å². The summed E-state index contributed by atoms with van der Waals surface area (Å²) in [5.41, 5.74) is 0. The van der Waals surface area contributed by atoms with Gasteiger partial charge in [0.15, 0.2) is 6.10 Å². The van der Waals surface area contributed by atoms with Gasteiger partial charge in [-0.2, -0.15) is 0 Å². The quantitative estimate of drug-likeness (QED) is 0.0261. The molecule has 0 rings (SSSR count). The van der Waals surface area contributed by atoms with Crippen LogP contribution in [0.5, 0.6) is 0 Å². The van der Waals surface area contributed by atoms with Crippen molar-refractivity contribution in [3.63, 3.8) is 0 Å². The fraction of sp³-hybridized carbons (Fsp3) is 0.800. The Hall–Kier alpha value is -2.89. The molecule has 71 heavy (non-hydrogen) atoms. The molecule has 6 nitrogen and oxygen atoms in total. The Kier molecular flexibility index (Phi) is 57.2. The average molecular weight is 994 g/mol. The molecule has 0 N–H and O–H groups in total. The number of unbranched alkanes of at least 4 members (excludes halogenated alkanes) is 35. The SMILES string of the molecule is CC/C=C\C/C=C\C/C=C\C/C=C\C/C=C\CCCCCC(=O)OCC(COC(=O)CCCCCCCCCCCCCCCCCC)OC(=O)CCCCCCCCCCCCCCCCCCCC. The van der Waals surface area contributed by atoms with Gasteiger partial charge in [0.2, 0.25) is 0 Å². The second-order valence-corrected chi connectivity index (χ2v) is 20.6. The van der Waals surface area contributed by atoms with Gasteiger partial charge in [-0.3, -0.25) is 14.4 Å². The van der Waals surface area contributed by atoms with Gasteiger partial charge in [-0.05, 0) is 64.2 Å². The normalized spacial score (nSPS) is 12.4. The first-order valence-corrected chi connectivity index (χ1v) is 30.8. The van der Waals surface area contributed by atoms with Crippen LogP contribution in [0.1, 0.15) is 316 Å². The lowest BCUT2D eigenvalue weighted by atomic mass is 10.0. The van der Waals surface area contributed by atoms with E-state index in [0.717, 1.165) is 96.3 Å². The summed E-state index contributed by atoms with van der Waals surface area (Å²) < 4.78 is 16.9. The van der Waals surface area contributed by atoms with E-state index in [1.165, 1.54) is 180 Å². The molecule has 0 fully saturated rings. The first-order chi connectivity index (χ1) is 35.0. The van der Waals surface area contributed by atoms with Crippen molar-refractivity contribution < 1.29 is 28.6 Å². The van der Waals surface area contributed by atoms with E-state index < -0.39 is 6.10 Å². The third-order valence-electron chi connectivity index (χ3n) is 13.5. The van der Waals surface area contributed by atoms with Crippen molar-refractivity contribution in [3.8, 4) is 0 Å². The molecule has 6 heteroatoms. The highest BCUT2D eigenvalue weighted by Crippen LogP contribution is 2.17. The summed E-state index contributed by atoms with van der Waals surface area (Å²) in [6, 6.07) is 0. The van der Waals surface area contributed by atoms with Crippen LogP contribution in [0.4, 0.5) is 0 Å². The topological polar surface area (TPSA) is 78.9 Å². The van der Waals surface area contributed by atoms with Crippen LogP contribution < -0.4 is 0 Å². The molecule has 0 aliphatic heterocycles. The molecular weight excluding hydrogens is 877 g/mol. The summed E-state index contributed by atoms with van der Waals surface area (Å²) >= 11 is 0. The van der Waals surface area contributed by atoms with Gasteiger partial charge in [-0.25, -0.2) is 0 Å². The molecule has 0 saturated carbocycles. The van der Waals surface area contributed by atoms with Gasteiger partial charge in [-0.15, -0.1) is 0 Å². The molecule has 0 aromatic rings. The average Bonchev–Trinajstić information content (AvgIpc) is 3.37. The molecule has 0 bridgehead atoms. The Morgan fingerprint density at radius 1 is 0.296 bits per heavy atom. The van der Waals surface area contributed by atoms with Crippen LogP contribution in [0.2, 0.25) is 0 Å². The standard InChI is InChI=1S/C65H116O6/c1-4-7-10-13-16-19-22-25-28-31-33-35-37-40-43-46-49-52-55-58-64(67)70-61-62(60-69-63(66)57-54-51-48-45-42-39-36-30-27-24-21-18-15-12-9-6-3)71-65(68)59-56-53-50-47-44-41-38-34-32-29-26-23-20-17-14-11-8-5-2/h7,10,16,19,25,28,33,35,40,43,62H,4-6,8-9,11-15,17-18,20-24,26-27,29-32,34,36-39,41-42,44-61H2,1-3H3/b10-7-,19-16-,28-25-,35-33-,43-40-. The maximum Gasteiger partial charge on any atom is 0.306 e. The molecule has 0 radical (unpaired) electrons. The number of ether oxygens (including phenoxy) is 3. The van der Waals surface area contributed by atoms with E-state index in [-0.39, 0.29) is 31.1 Å². The summed E-state index contributed by atoms with van der Waals surface area (Å²) in [5, 5.41) is 0. The monoisotopic (exact) mass is 993 g/mol. The third-order valence-corrected chi connectivity index (χ3v) is 13.5. The van der Waals surface area contributed by atoms with Gasteiger partial charge in [-0.1, -0.05) is 293 Å². The molecule has 0 heterocycles. The maximum absolute atomic E-state index is 12.9. The molecule has 1 atom stereocenters. The van der Waals surface area contributed by atoms with Crippen molar-refractivity contribution in [3.05, 3.63) is 60.8 Å². The molecule has 0 aromatic heterocycles. The van der Waals surface area contributed by atoms with Gasteiger partial charge in [0.1, 0.15) is 13.2 Å². The number of allylic oxidation sites excluding steroid dienone is 10. The second-order valence-electron chi connectivity index (χ2n) is 20.6. The maximum atomic E-state index is 12.9. The van der Waals surface area contributed by atoms with Crippen molar-refractivity contribution in [2.45, 2.75) is 322 Å². The lowest BCUT2D eigenvalue weighted by Crippen LogP contribution is -2.30. The van der Waals surface area contributed by atoms with Crippen LogP contribution in [0.25, 0.3) is 0 Å². The smallest absolute Gasteiger partial charge is 0.306 e. The third kappa shape index (κ3) is 57.9. The van der Waals surface area contributed by atoms with Crippen LogP contribution in [-0.4, -0.2) is 37.2 Å². The highest BCUT2D eigenvalue weighted by atomic mass is 16.6. The predicted molar refractivity (Wildman–Crippen MR) is 307 cm³/mol. The molecule has 412 valence electrons. The number of rotatable bonds is 56. The van der Waals surface area contributed by atoms with Gasteiger partial charge >= 0.3 is 17.9 Å². The zero-order chi connectivity index (χ0) is 51.4. The molecule has 0 aliphatic carbocycles. The van der Waals surface area contributed by atoms with Crippen molar-refractivity contribution in [1.29, 1.82) is 0 Å². The van der Waals surface area contributed by atoms with Gasteiger partial charge < -0.3 is 14.2 Å². The first kappa shape index (κ1) is 68.1. The first-order valence-electron chi connectivity index (χ1n) is 30.8. The van der Waals surface area contributed by atoms with Crippen LogP contribution >= 0.6 is 0 Å². The minimum atomic E-state index is -0.785. The lowest BCUT2D eigenvalue weighted by molar-refractivity contribution is -0.167. The summed E-state index contributed by atoms with van der Waals surface area (Å²) in [4.78, 5) is 38.3. The Balaban J connectivity index is 4.40. The number of hydrogen-bond acceptors (Lipinski definition) is 6. The van der Waals surface area contributed by atoms with E-state index >= 15 is 0 Å². The van der Waals surface area contributed by atoms with Gasteiger partial charge in [0.25, 0.3) is 0 Å². The molecule has 0 saturated heterocycles. The minimum Gasteiger partial charge on any atom is -0.462 e. The van der Waals surface area contributed by atoms with E-state index in [4.69, 9.17) is 14.2 Å². The molecular formula is C65H116O6. The van der Waals surface area contributed by atoms with Crippen molar-refractivity contribution >= 4 is 17.9 Å². The molecule has 0 amide bonds. The molecule has 0 spiro atoms. The molecule has 0 aromatic carbocycles. The number of hydrogen-bond donors (Lipinski definition) is 0. The summed E-state index contributed by atoms with van der Waals surface area (Å²) in [6.07, 6.45) is 75.0. The van der Waals surface area contributed by atoms with E-state index in [2.05, 4.69) is 81.5 Å². The minimum absolute atomic E-state index is 0.0803. The van der Waals surface area contributed by atoms with Crippen molar-refractivity contribution in [1.82, 2.24) is 0 Å². The number of carbonyl (C=O) groups is 3. The molecule has 0 aliphatic rings. The van der Waals surface area contributed by atoms with Crippen LogP contribution in [0, 0.1) is 0 Å².